The highest BCUT2D eigenvalue weighted by atomic mass is 127. The first-order chi connectivity index (χ1) is 6.22. The van der Waals surface area contributed by atoms with Gasteiger partial charge < -0.3 is 5.32 Å². The zero-order valence-corrected chi connectivity index (χ0v) is 9.33. The molecule has 0 saturated heterocycles. The summed E-state index contributed by atoms with van der Waals surface area (Å²) < 4.78 is 1.04. The predicted molar refractivity (Wildman–Crippen MR) is 59.6 cm³/mol. The summed E-state index contributed by atoms with van der Waals surface area (Å²) in [4.78, 5) is 15.0. The van der Waals surface area contributed by atoms with Gasteiger partial charge in [0.2, 0.25) is 0 Å². The first-order valence-corrected chi connectivity index (χ1v) is 4.96. The zero-order valence-electron chi connectivity index (χ0n) is 7.17. The number of carbonyl (C=O) groups is 1. The summed E-state index contributed by atoms with van der Waals surface area (Å²) in [5, 5.41) is 5.24. The van der Waals surface area contributed by atoms with E-state index in [1.165, 1.54) is 0 Å². The van der Waals surface area contributed by atoms with Gasteiger partial charge in [-0.2, -0.15) is 0 Å². The number of urea groups is 1. The maximum Gasteiger partial charge on any atom is 0.320 e. The molecule has 1 aromatic rings. The Morgan fingerprint density at radius 1 is 1.69 bits per heavy atom. The fourth-order valence-corrected chi connectivity index (χ4v) is 1.25. The van der Waals surface area contributed by atoms with E-state index in [0.717, 1.165) is 3.57 Å². The molecule has 0 saturated carbocycles. The van der Waals surface area contributed by atoms with Crippen molar-refractivity contribution in [3.05, 3.63) is 21.9 Å². The normalized spacial score (nSPS) is 9.38. The van der Waals surface area contributed by atoms with Gasteiger partial charge in [0.1, 0.15) is 5.82 Å². The van der Waals surface area contributed by atoms with Crippen LogP contribution < -0.4 is 10.6 Å². The lowest BCUT2D eigenvalue weighted by atomic mass is 10.5. The number of hydrogen-bond donors (Lipinski definition) is 2. The molecule has 0 spiro atoms. The summed E-state index contributed by atoms with van der Waals surface area (Å²) in [5.74, 6) is 0.567. The van der Waals surface area contributed by atoms with Crippen LogP contribution in [0.2, 0.25) is 0 Å². The van der Waals surface area contributed by atoms with Crippen LogP contribution in [-0.4, -0.2) is 17.6 Å². The quantitative estimate of drug-likeness (QED) is 0.817. The third kappa shape index (κ3) is 3.58. The van der Waals surface area contributed by atoms with Crippen LogP contribution in [0, 0.1) is 3.57 Å². The molecule has 1 aromatic heterocycles. The van der Waals surface area contributed by atoms with Gasteiger partial charge in [-0.05, 0) is 41.6 Å². The number of nitrogens with zero attached hydrogens (tertiary/aromatic N) is 1. The molecule has 2 N–H and O–H groups in total. The van der Waals surface area contributed by atoms with Crippen LogP contribution in [0.1, 0.15) is 6.92 Å². The molecule has 2 amide bonds. The Labute approximate surface area is 90.3 Å². The second-order valence-electron chi connectivity index (χ2n) is 2.34. The van der Waals surface area contributed by atoms with Crippen molar-refractivity contribution in [2.24, 2.45) is 0 Å². The van der Waals surface area contributed by atoms with E-state index in [0.29, 0.717) is 12.4 Å². The van der Waals surface area contributed by atoms with Crippen molar-refractivity contribution < 1.29 is 4.79 Å². The molecule has 0 aliphatic carbocycles. The minimum atomic E-state index is -0.225. The van der Waals surface area contributed by atoms with E-state index >= 15 is 0 Å². The van der Waals surface area contributed by atoms with Crippen molar-refractivity contribution in [2.45, 2.75) is 6.92 Å². The third-order valence-corrected chi connectivity index (χ3v) is 1.97. The lowest BCUT2D eigenvalue weighted by Crippen LogP contribution is -2.28. The summed E-state index contributed by atoms with van der Waals surface area (Å²) >= 11 is 2.16. The predicted octanol–water partition coefficient (Wildman–Crippen LogP) is 1.83. The van der Waals surface area contributed by atoms with Gasteiger partial charge in [0.25, 0.3) is 0 Å². The van der Waals surface area contributed by atoms with Gasteiger partial charge in [0.15, 0.2) is 0 Å². The van der Waals surface area contributed by atoms with Crippen molar-refractivity contribution in [1.29, 1.82) is 0 Å². The first kappa shape index (κ1) is 10.2. The molecule has 0 bridgehead atoms. The van der Waals surface area contributed by atoms with Crippen LogP contribution in [0.5, 0.6) is 0 Å². The Morgan fingerprint density at radius 2 is 2.46 bits per heavy atom. The zero-order chi connectivity index (χ0) is 9.68. The van der Waals surface area contributed by atoms with E-state index in [1.54, 1.807) is 12.3 Å². The second-order valence-corrected chi connectivity index (χ2v) is 3.59. The number of anilines is 1. The van der Waals surface area contributed by atoms with Crippen molar-refractivity contribution in [3.63, 3.8) is 0 Å². The van der Waals surface area contributed by atoms with Gasteiger partial charge in [0.05, 0.1) is 0 Å². The van der Waals surface area contributed by atoms with E-state index in [2.05, 4.69) is 38.2 Å². The molecule has 0 fully saturated rings. The smallest absolute Gasteiger partial charge is 0.320 e. The Bertz CT molecular complexity index is 303. The number of amides is 2. The fourth-order valence-electron chi connectivity index (χ4n) is 0.794. The van der Waals surface area contributed by atoms with Gasteiger partial charge in [-0.15, -0.1) is 0 Å². The molecule has 1 rings (SSSR count). The largest absolute Gasteiger partial charge is 0.338 e. The molecular formula is C8H10IN3O. The molecule has 70 valence electrons. The molecular weight excluding hydrogens is 281 g/mol. The first-order valence-electron chi connectivity index (χ1n) is 3.88. The topological polar surface area (TPSA) is 54.0 Å². The average molecular weight is 291 g/mol. The van der Waals surface area contributed by atoms with Crippen LogP contribution in [0.3, 0.4) is 0 Å². The lowest BCUT2D eigenvalue weighted by Gasteiger charge is -2.04. The van der Waals surface area contributed by atoms with Crippen LogP contribution in [0.25, 0.3) is 0 Å². The number of halogens is 1. The summed E-state index contributed by atoms with van der Waals surface area (Å²) in [5.41, 5.74) is 0. The number of pyridine rings is 1. The SMILES string of the molecule is CCNC(=O)Nc1cc(I)ccn1. The number of rotatable bonds is 2. The molecule has 0 aliphatic heterocycles. The standard InChI is InChI=1S/C8H10IN3O/c1-2-10-8(13)12-7-5-6(9)3-4-11-7/h3-5H,2H2,1H3,(H2,10,11,12,13). The van der Waals surface area contributed by atoms with Crippen molar-refractivity contribution >= 4 is 34.4 Å². The van der Waals surface area contributed by atoms with Gasteiger partial charge in [-0.1, -0.05) is 0 Å². The summed E-state index contributed by atoms with van der Waals surface area (Å²) in [6, 6.07) is 3.44. The Kier molecular flexibility index (Phi) is 3.94. The molecule has 0 aromatic carbocycles. The molecule has 1 heterocycles. The van der Waals surface area contributed by atoms with Crippen LogP contribution in [0.15, 0.2) is 18.3 Å². The van der Waals surface area contributed by atoms with E-state index in [1.807, 2.05) is 13.0 Å². The van der Waals surface area contributed by atoms with Crippen molar-refractivity contribution in [3.8, 4) is 0 Å². The Balaban J connectivity index is 2.58. The molecule has 5 heteroatoms. The lowest BCUT2D eigenvalue weighted by molar-refractivity contribution is 0.252. The average Bonchev–Trinajstić information content (AvgIpc) is 2.04. The third-order valence-electron chi connectivity index (χ3n) is 1.30. The van der Waals surface area contributed by atoms with E-state index in [9.17, 15) is 4.79 Å². The van der Waals surface area contributed by atoms with Crippen LogP contribution >= 0.6 is 22.6 Å². The molecule has 0 radical (unpaired) electrons. The Hall–Kier alpha value is -0.850. The highest BCUT2D eigenvalue weighted by Gasteiger charge is 1.99. The maximum atomic E-state index is 11.1. The molecule has 13 heavy (non-hydrogen) atoms. The highest BCUT2D eigenvalue weighted by molar-refractivity contribution is 14.1. The van der Waals surface area contributed by atoms with Gasteiger partial charge >= 0.3 is 6.03 Å². The minimum absolute atomic E-state index is 0.225. The van der Waals surface area contributed by atoms with E-state index in [-0.39, 0.29) is 6.03 Å². The Morgan fingerprint density at radius 3 is 3.08 bits per heavy atom. The maximum absolute atomic E-state index is 11.1. The van der Waals surface area contributed by atoms with Crippen LogP contribution in [0.4, 0.5) is 10.6 Å². The van der Waals surface area contributed by atoms with Crippen LogP contribution in [-0.2, 0) is 0 Å². The number of aromatic nitrogens is 1. The summed E-state index contributed by atoms with van der Waals surface area (Å²) in [7, 11) is 0. The second kappa shape index (κ2) is 5.00. The molecule has 0 unspecified atom stereocenters. The fraction of sp³-hybridized carbons (Fsp3) is 0.250. The highest BCUT2D eigenvalue weighted by Crippen LogP contribution is 2.08. The van der Waals surface area contributed by atoms with Gasteiger partial charge in [0, 0.05) is 16.3 Å². The summed E-state index contributed by atoms with van der Waals surface area (Å²) in [6.45, 7) is 2.47. The molecule has 4 nitrogen and oxygen atoms in total. The molecule has 0 atom stereocenters. The van der Waals surface area contributed by atoms with E-state index in [4.69, 9.17) is 0 Å². The van der Waals surface area contributed by atoms with Crippen molar-refractivity contribution in [1.82, 2.24) is 10.3 Å². The monoisotopic (exact) mass is 291 g/mol. The minimum Gasteiger partial charge on any atom is -0.338 e. The van der Waals surface area contributed by atoms with Crippen molar-refractivity contribution in [2.75, 3.05) is 11.9 Å². The number of hydrogen-bond acceptors (Lipinski definition) is 2. The summed E-state index contributed by atoms with van der Waals surface area (Å²) in [6.07, 6.45) is 1.66. The number of carbonyl (C=O) groups excluding carboxylic acids is 1. The van der Waals surface area contributed by atoms with E-state index < -0.39 is 0 Å². The molecule has 0 aliphatic rings. The van der Waals surface area contributed by atoms with Gasteiger partial charge in [-0.3, -0.25) is 5.32 Å². The van der Waals surface area contributed by atoms with Gasteiger partial charge in [-0.25, -0.2) is 9.78 Å². The number of nitrogens with one attached hydrogen (secondary N) is 2.